The second kappa shape index (κ2) is 8.71. The number of carbonyl (C=O) groups is 1. The van der Waals surface area contributed by atoms with Crippen LogP contribution >= 0.6 is 0 Å². The highest BCUT2D eigenvalue weighted by atomic mass is 32.2. The topological polar surface area (TPSA) is 75.3 Å². The van der Waals surface area contributed by atoms with E-state index in [4.69, 9.17) is 0 Å². The molecule has 156 valence electrons. The Kier molecular flexibility index (Phi) is 6.27. The Morgan fingerprint density at radius 3 is 2.20 bits per heavy atom. The number of aryl methyl sites for hydroxylation is 3. The maximum Gasteiger partial charge on any atom is 0.261 e. The van der Waals surface area contributed by atoms with E-state index in [1.807, 2.05) is 52.0 Å². The number of nitrogens with one attached hydrogen (secondary N) is 2. The summed E-state index contributed by atoms with van der Waals surface area (Å²) in [6, 6.07) is 19.0. The van der Waals surface area contributed by atoms with Crippen molar-refractivity contribution in [3.8, 4) is 0 Å². The summed E-state index contributed by atoms with van der Waals surface area (Å²) in [4.78, 5) is 12.8. The maximum absolute atomic E-state index is 12.8. The zero-order chi connectivity index (χ0) is 21.9. The van der Waals surface area contributed by atoms with Crippen LogP contribution in [0.15, 0.2) is 71.6 Å². The number of carbonyl (C=O) groups excluding carboxylic acids is 1. The van der Waals surface area contributed by atoms with Gasteiger partial charge in [-0.1, -0.05) is 47.5 Å². The van der Waals surface area contributed by atoms with Gasteiger partial charge < -0.3 is 5.32 Å². The van der Waals surface area contributed by atoms with Crippen LogP contribution in [-0.4, -0.2) is 14.3 Å². The minimum atomic E-state index is -3.80. The lowest BCUT2D eigenvalue weighted by atomic mass is 10.00. The lowest BCUT2D eigenvalue weighted by molar-refractivity contribution is 0.0939. The summed E-state index contributed by atoms with van der Waals surface area (Å²) < 4.78 is 28.0. The number of hydrogen-bond donors (Lipinski definition) is 2. The van der Waals surface area contributed by atoms with Crippen LogP contribution in [0.2, 0.25) is 0 Å². The number of anilines is 1. The molecule has 0 aliphatic heterocycles. The molecule has 0 spiro atoms. The lowest BCUT2D eigenvalue weighted by Crippen LogP contribution is -2.27. The van der Waals surface area contributed by atoms with Crippen LogP contribution in [0.4, 0.5) is 5.69 Å². The van der Waals surface area contributed by atoms with E-state index >= 15 is 0 Å². The molecule has 0 aliphatic rings. The number of hydrogen-bond acceptors (Lipinski definition) is 3. The molecule has 3 aromatic rings. The molecule has 1 amide bonds. The van der Waals surface area contributed by atoms with Crippen LogP contribution in [0.1, 0.15) is 45.6 Å². The fourth-order valence-electron chi connectivity index (χ4n) is 3.31. The van der Waals surface area contributed by atoms with Gasteiger partial charge in [0, 0.05) is 11.3 Å². The highest BCUT2D eigenvalue weighted by Crippen LogP contribution is 2.21. The van der Waals surface area contributed by atoms with Crippen LogP contribution in [0, 0.1) is 20.8 Å². The smallest absolute Gasteiger partial charge is 0.261 e. The molecule has 1 unspecified atom stereocenters. The van der Waals surface area contributed by atoms with Crippen molar-refractivity contribution in [2.45, 2.75) is 38.6 Å². The molecule has 0 saturated carbocycles. The summed E-state index contributed by atoms with van der Waals surface area (Å²) in [5.41, 5.74) is 5.08. The van der Waals surface area contributed by atoms with Gasteiger partial charge >= 0.3 is 0 Å². The maximum atomic E-state index is 12.8. The fraction of sp³-hybridized carbons (Fsp3) is 0.208. The third kappa shape index (κ3) is 5.07. The van der Waals surface area contributed by atoms with Crippen molar-refractivity contribution < 1.29 is 13.2 Å². The molecule has 0 saturated heterocycles. The first-order valence-electron chi connectivity index (χ1n) is 9.73. The second-order valence-corrected chi connectivity index (χ2v) is 9.24. The first kappa shape index (κ1) is 21.6. The minimum Gasteiger partial charge on any atom is -0.346 e. The molecule has 6 heteroatoms. The van der Waals surface area contributed by atoms with Crippen molar-refractivity contribution in [1.29, 1.82) is 0 Å². The second-order valence-electron chi connectivity index (χ2n) is 7.55. The van der Waals surface area contributed by atoms with Gasteiger partial charge in [-0.05, 0) is 69.2 Å². The van der Waals surface area contributed by atoms with E-state index in [-0.39, 0.29) is 16.8 Å². The summed E-state index contributed by atoms with van der Waals surface area (Å²) in [5, 5.41) is 2.95. The van der Waals surface area contributed by atoms with E-state index in [0.717, 1.165) is 22.3 Å². The Balaban J connectivity index is 1.78. The molecule has 3 rings (SSSR count). The third-order valence-corrected chi connectivity index (χ3v) is 6.33. The first-order valence-corrected chi connectivity index (χ1v) is 11.2. The predicted octanol–water partition coefficient (Wildman–Crippen LogP) is 4.90. The third-order valence-electron chi connectivity index (χ3n) is 4.95. The minimum absolute atomic E-state index is 0.0369. The molecule has 2 N–H and O–H groups in total. The first-order chi connectivity index (χ1) is 14.2. The van der Waals surface area contributed by atoms with Gasteiger partial charge in [-0.15, -0.1) is 0 Å². The quantitative estimate of drug-likeness (QED) is 0.593. The van der Waals surface area contributed by atoms with Gasteiger partial charge in [0.1, 0.15) is 0 Å². The Bertz CT molecular complexity index is 1170. The summed E-state index contributed by atoms with van der Waals surface area (Å²) in [5.74, 6) is -0.324. The molecule has 3 aromatic carbocycles. The van der Waals surface area contributed by atoms with Crippen LogP contribution in [0.25, 0.3) is 0 Å². The number of sulfonamides is 1. The predicted molar refractivity (Wildman–Crippen MR) is 120 cm³/mol. The van der Waals surface area contributed by atoms with Gasteiger partial charge in [0.15, 0.2) is 0 Å². The molecule has 1 atom stereocenters. The lowest BCUT2D eigenvalue weighted by Gasteiger charge is -2.17. The van der Waals surface area contributed by atoms with Crippen LogP contribution in [-0.2, 0) is 10.0 Å². The molecule has 0 heterocycles. The summed E-state index contributed by atoms with van der Waals surface area (Å²) in [6.45, 7) is 7.88. The monoisotopic (exact) mass is 422 g/mol. The summed E-state index contributed by atoms with van der Waals surface area (Å²) >= 11 is 0. The molecule has 0 aromatic heterocycles. The molecule has 5 nitrogen and oxygen atoms in total. The van der Waals surface area contributed by atoms with Gasteiger partial charge in [-0.2, -0.15) is 0 Å². The van der Waals surface area contributed by atoms with Crippen molar-refractivity contribution in [2.75, 3.05) is 4.72 Å². The van der Waals surface area contributed by atoms with Crippen LogP contribution < -0.4 is 10.0 Å². The molecule has 0 aliphatic carbocycles. The van der Waals surface area contributed by atoms with Crippen molar-refractivity contribution >= 4 is 21.6 Å². The Morgan fingerprint density at radius 2 is 1.53 bits per heavy atom. The standard InChI is InChI=1S/C24H26N2O3S/c1-16-8-11-21(12-9-16)26-30(28,29)22-7-5-6-20(15-22)24(27)25-19(4)23-13-10-17(2)14-18(23)3/h5-15,19,26H,1-4H3,(H,25,27). The van der Waals surface area contributed by atoms with E-state index in [1.54, 1.807) is 24.3 Å². The normalized spacial score (nSPS) is 12.3. The van der Waals surface area contributed by atoms with Crippen molar-refractivity contribution in [3.05, 3.63) is 94.5 Å². The SMILES string of the molecule is Cc1ccc(NS(=O)(=O)c2cccc(C(=O)NC(C)c3ccc(C)cc3C)c2)cc1. The highest BCUT2D eigenvalue weighted by molar-refractivity contribution is 7.92. The molecule has 0 fully saturated rings. The van der Waals surface area contributed by atoms with Crippen molar-refractivity contribution in [3.63, 3.8) is 0 Å². The number of amides is 1. The molecular formula is C24H26N2O3S. The molecular weight excluding hydrogens is 396 g/mol. The van der Waals surface area contributed by atoms with Gasteiger partial charge in [-0.25, -0.2) is 8.42 Å². The largest absolute Gasteiger partial charge is 0.346 e. The Morgan fingerprint density at radius 1 is 0.867 bits per heavy atom. The van der Waals surface area contributed by atoms with E-state index < -0.39 is 10.0 Å². The number of rotatable bonds is 6. The molecule has 0 bridgehead atoms. The van der Waals surface area contributed by atoms with Gasteiger partial charge in [0.2, 0.25) is 0 Å². The molecule has 0 radical (unpaired) electrons. The van der Waals surface area contributed by atoms with E-state index in [1.165, 1.54) is 12.1 Å². The average molecular weight is 423 g/mol. The van der Waals surface area contributed by atoms with Gasteiger partial charge in [0.05, 0.1) is 10.9 Å². The van der Waals surface area contributed by atoms with E-state index in [2.05, 4.69) is 16.1 Å². The molecule has 30 heavy (non-hydrogen) atoms. The Labute approximate surface area is 178 Å². The zero-order valence-electron chi connectivity index (χ0n) is 17.6. The van der Waals surface area contributed by atoms with Crippen molar-refractivity contribution in [2.24, 2.45) is 0 Å². The fourth-order valence-corrected chi connectivity index (χ4v) is 4.41. The Hall–Kier alpha value is -3.12. The van der Waals surface area contributed by atoms with E-state index in [0.29, 0.717) is 11.3 Å². The van der Waals surface area contributed by atoms with Crippen LogP contribution in [0.3, 0.4) is 0 Å². The van der Waals surface area contributed by atoms with Gasteiger partial charge in [0.25, 0.3) is 15.9 Å². The zero-order valence-corrected chi connectivity index (χ0v) is 18.4. The summed E-state index contributed by atoms with van der Waals surface area (Å²) in [7, 11) is -3.80. The highest BCUT2D eigenvalue weighted by Gasteiger charge is 2.18. The van der Waals surface area contributed by atoms with E-state index in [9.17, 15) is 13.2 Å². The van der Waals surface area contributed by atoms with Gasteiger partial charge in [-0.3, -0.25) is 9.52 Å². The number of benzene rings is 3. The average Bonchev–Trinajstić information content (AvgIpc) is 2.69. The van der Waals surface area contributed by atoms with Crippen LogP contribution in [0.5, 0.6) is 0 Å². The summed E-state index contributed by atoms with van der Waals surface area (Å²) in [6.07, 6.45) is 0. The van der Waals surface area contributed by atoms with Crippen molar-refractivity contribution in [1.82, 2.24) is 5.32 Å².